The van der Waals surface area contributed by atoms with Crippen LogP contribution in [0.1, 0.15) is 97.3 Å². The Hall–Kier alpha value is 1.51. The minimum atomic E-state index is -4.05. The number of nitrogens with two attached hydrogens (primary N) is 1. The van der Waals surface area contributed by atoms with Gasteiger partial charge in [0.2, 0.25) is 0 Å². The van der Waals surface area contributed by atoms with E-state index in [4.69, 9.17) is 5.73 Å². The Kier molecular flexibility index (Phi) is 18.3. The summed E-state index contributed by atoms with van der Waals surface area (Å²) in [6.07, 6.45) is 15.4. The Morgan fingerprint density at radius 1 is 0.826 bits per heavy atom. The molecule has 6 heteroatoms. The first kappa shape index (κ1) is 26.7. The average Bonchev–Trinajstić information content (AvgIpc) is 2.47. The molecule has 0 aliphatic rings. The molecule has 1 atom stereocenters. The number of hydrogen-bond donors (Lipinski definition) is 2. The first-order valence-electron chi connectivity index (χ1n) is 9.04. The molecular formula is C17H38KNO3S. The van der Waals surface area contributed by atoms with Crippen molar-refractivity contribution in [2.45, 2.75) is 102 Å². The van der Waals surface area contributed by atoms with Crippen molar-refractivity contribution in [3.8, 4) is 0 Å². The molecule has 0 bridgehead atoms. The molecule has 1 unspecified atom stereocenters. The van der Waals surface area contributed by atoms with Crippen molar-refractivity contribution in [1.29, 1.82) is 0 Å². The molecule has 0 radical (unpaired) electrons. The first-order chi connectivity index (χ1) is 10.4. The van der Waals surface area contributed by atoms with Crippen LogP contribution in [0.4, 0.5) is 0 Å². The fourth-order valence-electron chi connectivity index (χ4n) is 2.68. The van der Waals surface area contributed by atoms with Crippen LogP contribution in [0.25, 0.3) is 0 Å². The molecule has 23 heavy (non-hydrogen) atoms. The van der Waals surface area contributed by atoms with Crippen LogP contribution < -0.4 is 5.73 Å². The summed E-state index contributed by atoms with van der Waals surface area (Å²) in [6, 6.07) is 0. The van der Waals surface area contributed by atoms with Crippen molar-refractivity contribution >= 4 is 61.5 Å². The third-order valence-electron chi connectivity index (χ3n) is 4.61. The van der Waals surface area contributed by atoms with Gasteiger partial charge >= 0.3 is 51.4 Å². The average molecular weight is 376 g/mol. The SMILES string of the molecule is CCCCCCCCCCCCCCC(C)(CN)S(=O)(=O)O.[KH]. The second-order valence-corrected chi connectivity index (χ2v) is 8.70. The van der Waals surface area contributed by atoms with Gasteiger partial charge in [-0.2, -0.15) is 8.42 Å². The molecule has 3 N–H and O–H groups in total. The minimum absolute atomic E-state index is 0. The summed E-state index contributed by atoms with van der Waals surface area (Å²) in [7, 11) is -4.05. The quantitative estimate of drug-likeness (QED) is 0.257. The van der Waals surface area contributed by atoms with E-state index in [-0.39, 0.29) is 57.9 Å². The van der Waals surface area contributed by atoms with Crippen molar-refractivity contribution < 1.29 is 13.0 Å². The fraction of sp³-hybridized carbons (Fsp3) is 1.00. The maximum atomic E-state index is 11.3. The van der Waals surface area contributed by atoms with E-state index in [1.165, 1.54) is 64.7 Å². The topological polar surface area (TPSA) is 80.4 Å². The van der Waals surface area contributed by atoms with Gasteiger partial charge in [-0.25, -0.2) is 0 Å². The van der Waals surface area contributed by atoms with Gasteiger partial charge in [-0.3, -0.25) is 4.55 Å². The van der Waals surface area contributed by atoms with Gasteiger partial charge in [0.1, 0.15) is 4.75 Å². The monoisotopic (exact) mass is 375 g/mol. The Balaban J connectivity index is 0. The van der Waals surface area contributed by atoms with Crippen LogP contribution in [0.15, 0.2) is 0 Å². The molecule has 0 fully saturated rings. The standard InChI is InChI=1S/C17H37NO3S.K.H/c1-3-4-5-6-7-8-9-10-11-12-13-14-15-17(2,16-18)22(19,20)21;;/h3-16,18H2,1-2H3,(H,19,20,21);;. The van der Waals surface area contributed by atoms with Gasteiger partial charge in [0.25, 0.3) is 10.1 Å². The second kappa shape index (κ2) is 15.7. The van der Waals surface area contributed by atoms with Crippen LogP contribution in [0.2, 0.25) is 0 Å². The molecule has 0 aliphatic carbocycles. The molecule has 4 nitrogen and oxygen atoms in total. The van der Waals surface area contributed by atoms with Crippen molar-refractivity contribution in [3.63, 3.8) is 0 Å². The Bertz CT molecular complexity index is 363. The number of unbranched alkanes of at least 4 members (excludes halogenated alkanes) is 11. The molecule has 0 saturated heterocycles. The second-order valence-electron chi connectivity index (χ2n) is 6.77. The van der Waals surface area contributed by atoms with Crippen molar-refractivity contribution in [2.75, 3.05) is 6.54 Å². The van der Waals surface area contributed by atoms with Crippen LogP contribution in [-0.4, -0.2) is 75.6 Å². The molecule has 0 amide bonds. The predicted molar refractivity (Wildman–Crippen MR) is 102 cm³/mol. The number of hydrogen-bond acceptors (Lipinski definition) is 3. The zero-order valence-corrected chi connectivity index (χ0v) is 15.5. The molecule has 0 heterocycles. The summed E-state index contributed by atoms with van der Waals surface area (Å²) in [4.78, 5) is 0. The molecule has 0 aromatic carbocycles. The Morgan fingerprint density at radius 3 is 1.48 bits per heavy atom. The molecular weight excluding hydrogens is 337 g/mol. The van der Waals surface area contributed by atoms with E-state index in [9.17, 15) is 13.0 Å². The van der Waals surface area contributed by atoms with Gasteiger partial charge < -0.3 is 5.73 Å². The van der Waals surface area contributed by atoms with Gasteiger partial charge in [0, 0.05) is 6.54 Å². The Morgan fingerprint density at radius 2 is 1.17 bits per heavy atom. The van der Waals surface area contributed by atoms with Gasteiger partial charge in [0.05, 0.1) is 0 Å². The zero-order chi connectivity index (χ0) is 16.9. The fourth-order valence-corrected chi connectivity index (χ4v) is 3.29. The van der Waals surface area contributed by atoms with E-state index in [1.807, 2.05) is 0 Å². The maximum absolute atomic E-state index is 11.3. The molecule has 136 valence electrons. The normalized spacial score (nSPS) is 14.3. The van der Waals surface area contributed by atoms with E-state index in [0.717, 1.165) is 19.3 Å². The molecule has 0 aromatic heterocycles. The summed E-state index contributed by atoms with van der Waals surface area (Å²) in [5.41, 5.74) is 5.49. The van der Waals surface area contributed by atoms with E-state index < -0.39 is 14.9 Å². The van der Waals surface area contributed by atoms with E-state index >= 15 is 0 Å². The summed E-state index contributed by atoms with van der Waals surface area (Å²) >= 11 is 0. The predicted octanol–water partition coefficient (Wildman–Crippen LogP) is 4.03. The summed E-state index contributed by atoms with van der Waals surface area (Å²) in [6.45, 7) is 3.75. The van der Waals surface area contributed by atoms with E-state index in [1.54, 1.807) is 0 Å². The van der Waals surface area contributed by atoms with E-state index in [0.29, 0.717) is 6.42 Å². The van der Waals surface area contributed by atoms with Crippen LogP contribution >= 0.6 is 0 Å². The van der Waals surface area contributed by atoms with Crippen LogP contribution in [0, 0.1) is 0 Å². The zero-order valence-electron chi connectivity index (χ0n) is 14.6. The van der Waals surface area contributed by atoms with Crippen molar-refractivity contribution in [2.24, 2.45) is 5.73 Å². The summed E-state index contributed by atoms with van der Waals surface area (Å²) in [5.74, 6) is 0. The first-order valence-corrected chi connectivity index (χ1v) is 10.5. The molecule has 0 aliphatic heterocycles. The van der Waals surface area contributed by atoms with Crippen molar-refractivity contribution in [3.05, 3.63) is 0 Å². The number of rotatable bonds is 15. The molecule has 0 rings (SSSR count). The van der Waals surface area contributed by atoms with E-state index in [2.05, 4.69) is 6.92 Å². The van der Waals surface area contributed by atoms with Crippen LogP contribution in [0.3, 0.4) is 0 Å². The third-order valence-corrected chi connectivity index (χ3v) is 6.23. The molecule has 0 aromatic rings. The molecule has 0 spiro atoms. The van der Waals surface area contributed by atoms with Gasteiger partial charge in [-0.1, -0.05) is 84.0 Å². The van der Waals surface area contributed by atoms with Crippen LogP contribution in [-0.2, 0) is 10.1 Å². The summed E-state index contributed by atoms with van der Waals surface area (Å²) < 4.78 is 30.6. The molecule has 0 saturated carbocycles. The van der Waals surface area contributed by atoms with Crippen LogP contribution in [0.5, 0.6) is 0 Å². The van der Waals surface area contributed by atoms with Gasteiger partial charge in [0.15, 0.2) is 0 Å². The van der Waals surface area contributed by atoms with Crippen molar-refractivity contribution in [1.82, 2.24) is 0 Å². The summed E-state index contributed by atoms with van der Waals surface area (Å²) in [5, 5.41) is 0. The van der Waals surface area contributed by atoms with Gasteiger partial charge in [-0.15, -0.1) is 0 Å². The van der Waals surface area contributed by atoms with Gasteiger partial charge in [-0.05, 0) is 13.3 Å². The Labute approximate surface area is 186 Å². The third kappa shape index (κ3) is 13.4.